The lowest BCUT2D eigenvalue weighted by Crippen LogP contribution is -2.09. The van der Waals surface area contributed by atoms with Gasteiger partial charge in [0.1, 0.15) is 24.3 Å². The highest BCUT2D eigenvalue weighted by Crippen LogP contribution is 2.36. The van der Waals surface area contributed by atoms with E-state index in [1.807, 2.05) is 0 Å². The fourth-order valence-corrected chi connectivity index (χ4v) is 6.03. The van der Waals surface area contributed by atoms with Crippen LogP contribution in [0.2, 0.25) is 5.02 Å². The molecule has 2 aliphatic rings. The van der Waals surface area contributed by atoms with Crippen LogP contribution in [0.1, 0.15) is 81.2 Å². The van der Waals surface area contributed by atoms with E-state index in [-0.39, 0.29) is 16.1 Å². The van der Waals surface area contributed by atoms with E-state index in [0.29, 0.717) is 69.5 Å². The van der Waals surface area contributed by atoms with Crippen molar-refractivity contribution in [1.29, 1.82) is 0 Å². The summed E-state index contributed by atoms with van der Waals surface area (Å²) in [4.78, 5) is 49.6. The van der Waals surface area contributed by atoms with Crippen molar-refractivity contribution in [1.82, 2.24) is 49.5 Å². The first-order valence-corrected chi connectivity index (χ1v) is 19.7. The number of hydrogen-bond donors (Lipinski definition) is 4. The van der Waals surface area contributed by atoms with Gasteiger partial charge in [-0.1, -0.05) is 25.3 Å². The third kappa shape index (κ3) is 11.7. The highest BCUT2D eigenvalue weighted by atomic mass is 35.5. The molecule has 5 N–H and O–H groups in total. The van der Waals surface area contributed by atoms with E-state index in [2.05, 4.69) is 56.1 Å². The number of methoxy groups -OCH3 is 2. The Kier molecular flexibility index (Phi) is 12.2. The molecule has 0 spiro atoms. The van der Waals surface area contributed by atoms with E-state index in [9.17, 15) is 9.59 Å². The second-order valence-corrected chi connectivity index (χ2v) is 14.5. The minimum absolute atomic E-state index is 0.160. The minimum atomic E-state index is -2.39. The molecule has 6 aromatic rings. The van der Waals surface area contributed by atoms with E-state index < -0.39 is 38.1 Å². The molecular formula is C42H51ClN14O4. The Balaban J connectivity index is 0.000000183. The number of nitrogen functional groups attached to an aromatic ring is 1. The Morgan fingerprint density at radius 2 is 1.30 bits per heavy atom. The summed E-state index contributed by atoms with van der Waals surface area (Å²) in [5.41, 5.74) is 7.74. The fraction of sp³-hybridized carbons (Fsp3) is 0.381. The van der Waals surface area contributed by atoms with Crippen LogP contribution in [0.5, 0.6) is 11.5 Å². The van der Waals surface area contributed by atoms with Crippen molar-refractivity contribution in [2.24, 2.45) is 25.9 Å². The van der Waals surface area contributed by atoms with Crippen molar-refractivity contribution in [3.8, 4) is 34.3 Å². The second-order valence-electron chi connectivity index (χ2n) is 14.1. The molecule has 6 heterocycles. The van der Waals surface area contributed by atoms with Crippen LogP contribution in [0.4, 0.5) is 29.0 Å². The number of Topliss-reactive ketones (excluding diaryl/α,β-unsaturated/α-hetero) is 2. The monoisotopic (exact) mass is 856 g/mol. The van der Waals surface area contributed by atoms with E-state index in [1.165, 1.54) is 45.2 Å². The largest absolute Gasteiger partial charge is 0.492 e. The number of ketones is 2. The average molecular weight is 857 g/mol. The van der Waals surface area contributed by atoms with Gasteiger partial charge in [-0.25, -0.2) is 29.9 Å². The van der Waals surface area contributed by atoms with Gasteiger partial charge in [0.05, 0.1) is 47.2 Å². The summed E-state index contributed by atoms with van der Waals surface area (Å²) in [5, 5.41) is 18.3. The third-order valence-electron chi connectivity index (χ3n) is 9.40. The summed E-state index contributed by atoms with van der Waals surface area (Å²) in [7, 11) is 6.61. The van der Waals surface area contributed by atoms with Gasteiger partial charge in [0.2, 0.25) is 0 Å². The molecule has 18 nitrogen and oxygen atoms in total. The number of nitrogens with one attached hydrogen (secondary N) is 3. The Hall–Kier alpha value is -6.69. The maximum absolute atomic E-state index is 12.8. The molecule has 19 heteroatoms. The molecule has 2 aliphatic carbocycles. The van der Waals surface area contributed by atoms with Crippen LogP contribution in [-0.4, -0.2) is 88.3 Å². The zero-order valence-corrected chi connectivity index (χ0v) is 34.9. The molecule has 0 bridgehead atoms. The molecule has 0 aliphatic heterocycles. The number of anilines is 5. The first-order valence-electron chi connectivity index (χ1n) is 22.3. The number of halogens is 1. The quantitative estimate of drug-likeness (QED) is 0.0715. The van der Waals surface area contributed by atoms with E-state index in [4.69, 9.17) is 35.0 Å². The van der Waals surface area contributed by atoms with Crippen LogP contribution in [0.3, 0.4) is 0 Å². The standard InChI is InChI=1S/C21H25N7O2.C12H15ClN2O.C9H11N5O/c1-4-17(29)15-11-24-18(23-10-13-5-6-13)9-16(15)26-21-19(30-3)14(7-8-22-21)20-25-12-28(2)27-20;1-2-11(16)9-7-15-12(5-10(9)13)14-6-8-3-4-8;1-14-5-12-9(13-14)6-3-4-11-8(10)7(6)15-2/h7-9,11-13H,4-6,10H2,1-3H3,(H2,22,23,24,26);5,7-8H,2-4,6H2,1H3,(H,14,15);3-5H,1-2H3,(H2,10,11)/i2*1D3;. The van der Waals surface area contributed by atoms with Gasteiger partial charge in [0.25, 0.3) is 0 Å². The summed E-state index contributed by atoms with van der Waals surface area (Å²) in [6.07, 6.45) is 12.8. The van der Waals surface area contributed by atoms with Gasteiger partial charge in [-0.3, -0.25) is 19.0 Å². The molecule has 0 unspecified atom stereocenters. The number of nitrogens with zero attached hydrogens (tertiary/aromatic N) is 10. The molecule has 6 aromatic heterocycles. The molecule has 320 valence electrons. The van der Waals surface area contributed by atoms with Crippen LogP contribution < -0.4 is 31.2 Å². The lowest BCUT2D eigenvalue weighted by Gasteiger charge is -2.16. The van der Waals surface area contributed by atoms with Crippen LogP contribution >= 0.6 is 11.6 Å². The molecule has 0 saturated heterocycles. The van der Waals surface area contributed by atoms with E-state index in [1.54, 1.807) is 79.9 Å². The maximum atomic E-state index is 12.8. The van der Waals surface area contributed by atoms with Crippen molar-refractivity contribution >= 4 is 52.1 Å². The predicted octanol–water partition coefficient (Wildman–Crippen LogP) is 7.06. The smallest absolute Gasteiger partial charge is 0.185 e. The number of rotatable bonds is 16. The van der Waals surface area contributed by atoms with Gasteiger partial charge in [-0.05, 0) is 55.7 Å². The molecule has 8 rings (SSSR count). The lowest BCUT2D eigenvalue weighted by molar-refractivity contribution is 0.0980. The highest BCUT2D eigenvalue weighted by molar-refractivity contribution is 6.34. The molecule has 2 saturated carbocycles. The van der Waals surface area contributed by atoms with Crippen LogP contribution in [0.15, 0.2) is 61.7 Å². The number of aromatic nitrogens is 10. The molecule has 0 atom stereocenters. The SMILES string of the molecule is COc1c(-c2ncn(C)n2)ccnc1N.[2H]C([2H])([2H])CC(=O)c1cnc(NCC2CC2)cc1Cl.[2H]C([2H])([2H])CC(=O)c1cnc(NCC2CC2)cc1Nc1nccc(-c2ncn(C)n2)c1OC. The van der Waals surface area contributed by atoms with Crippen molar-refractivity contribution in [3.05, 3.63) is 77.9 Å². The Morgan fingerprint density at radius 3 is 1.80 bits per heavy atom. The second kappa shape index (κ2) is 20.5. The first-order chi connectivity index (χ1) is 31.8. The topological polar surface area (TPSA) is 228 Å². The number of hydrogen-bond acceptors (Lipinski definition) is 16. The molecule has 2 fully saturated rings. The number of carbonyl (C=O) groups is 2. The Morgan fingerprint density at radius 1 is 0.770 bits per heavy atom. The normalized spacial score (nSPS) is 14.8. The van der Waals surface area contributed by atoms with Crippen molar-refractivity contribution in [2.45, 2.75) is 52.2 Å². The zero-order chi connectivity index (χ0) is 48.5. The van der Waals surface area contributed by atoms with Gasteiger partial charge in [-0.2, -0.15) is 10.2 Å². The predicted molar refractivity (Wildman–Crippen MR) is 234 cm³/mol. The summed E-state index contributed by atoms with van der Waals surface area (Å²) in [6, 6.07) is 6.75. The highest BCUT2D eigenvalue weighted by Gasteiger charge is 2.23. The number of aryl methyl sites for hydroxylation is 2. The van der Waals surface area contributed by atoms with Crippen molar-refractivity contribution in [3.63, 3.8) is 0 Å². The van der Waals surface area contributed by atoms with E-state index >= 15 is 0 Å². The summed E-state index contributed by atoms with van der Waals surface area (Å²) >= 11 is 6.00. The molecular weight excluding hydrogens is 800 g/mol. The molecule has 0 aromatic carbocycles. The molecule has 0 amide bonds. The number of carbonyl (C=O) groups excluding carboxylic acids is 2. The fourth-order valence-electron chi connectivity index (χ4n) is 5.77. The van der Waals surface area contributed by atoms with Crippen LogP contribution in [-0.2, 0) is 14.1 Å². The van der Waals surface area contributed by atoms with Crippen molar-refractivity contribution in [2.75, 3.05) is 49.0 Å². The van der Waals surface area contributed by atoms with Crippen LogP contribution in [0, 0.1) is 11.8 Å². The first kappa shape index (κ1) is 36.2. The van der Waals surface area contributed by atoms with Gasteiger partial charge >= 0.3 is 0 Å². The number of ether oxygens (including phenoxy) is 2. The summed E-state index contributed by atoms with van der Waals surface area (Å²) in [5.74, 6) is 4.08. The number of pyridine rings is 4. The molecule has 61 heavy (non-hydrogen) atoms. The minimum Gasteiger partial charge on any atom is -0.492 e. The summed E-state index contributed by atoms with van der Waals surface area (Å²) < 4.78 is 57.6. The lowest BCUT2D eigenvalue weighted by atomic mass is 10.1. The third-order valence-corrected chi connectivity index (χ3v) is 9.71. The van der Waals surface area contributed by atoms with Gasteiger partial charge in [-0.15, -0.1) is 0 Å². The van der Waals surface area contributed by atoms with Gasteiger partial charge < -0.3 is 31.2 Å². The maximum Gasteiger partial charge on any atom is 0.185 e. The Bertz CT molecular complexity index is 2670. The molecule has 0 radical (unpaired) electrons. The zero-order valence-electron chi connectivity index (χ0n) is 40.1. The Labute approximate surface area is 367 Å². The van der Waals surface area contributed by atoms with Gasteiger partial charge in [0.15, 0.2) is 46.4 Å². The van der Waals surface area contributed by atoms with E-state index in [0.717, 1.165) is 18.7 Å². The average Bonchev–Trinajstić information content (AvgIpc) is 4.19. The summed E-state index contributed by atoms with van der Waals surface area (Å²) in [6.45, 7) is -3.04. The number of nitrogens with two attached hydrogens (primary N) is 1. The van der Waals surface area contributed by atoms with Crippen molar-refractivity contribution < 1.29 is 27.3 Å². The van der Waals surface area contributed by atoms with Gasteiger partial charge in [0, 0.05) is 79.1 Å². The van der Waals surface area contributed by atoms with Crippen LogP contribution in [0.25, 0.3) is 22.8 Å².